The Hall–Kier alpha value is -2.24. The van der Waals surface area contributed by atoms with Gasteiger partial charge in [-0.15, -0.1) is 0 Å². The van der Waals surface area contributed by atoms with Gasteiger partial charge in [-0.05, 0) is 63.8 Å². The van der Waals surface area contributed by atoms with Crippen molar-refractivity contribution in [1.82, 2.24) is 18.7 Å². The van der Waals surface area contributed by atoms with Gasteiger partial charge in [0, 0.05) is 55.2 Å². The van der Waals surface area contributed by atoms with Crippen LogP contribution in [0, 0.1) is 0 Å². The van der Waals surface area contributed by atoms with Crippen LogP contribution >= 0.6 is 0 Å². The van der Waals surface area contributed by atoms with Crippen LogP contribution < -0.4 is 4.74 Å². The quantitative estimate of drug-likeness (QED) is 0.540. The molecule has 1 amide bonds. The second-order valence-corrected chi connectivity index (χ2v) is 12.8. The van der Waals surface area contributed by atoms with Gasteiger partial charge in [0.15, 0.2) is 0 Å². The third-order valence-electron chi connectivity index (χ3n) is 8.05. The number of benzene rings is 1. The zero-order chi connectivity index (χ0) is 26.5. The van der Waals surface area contributed by atoms with Crippen molar-refractivity contribution in [3.8, 4) is 5.75 Å². The lowest BCUT2D eigenvalue weighted by Gasteiger charge is -2.41. The zero-order valence-corrected chi connectivity index (χ0v) is 22.5. The van der Waals surface area contributed by atoms with Crippen molar-refractivity contribution in [3.05, 3.63) is 30.0 Å². The Morgan fingerprint density at radius 2 is 1.70 bits per heavy atom. The molecule has 3 aliphatic rings. The molecule has 8 nitrogen and oxygen atoms in total. The first-order chi connectivity index (χ1) is 17.5. The summed E-state index contributed by atoms with van der Waals surface area (Å²) in [5, 5.41) is 0.680. The van der Waals surface area contributed by atoms with Gasteiger partial charge in [0.2, 0.25) is 10.0 Å². The number of hydrogen-bond donors (Lipinski definition) is 0. The maximum atomic E-state index is 13.5. The summed E-state index contributed by atoms with van der Waals surface area (Å²) < 4.78 is 59.7. The van der Waals surface area contributed by atoms with E-state index in [1.54, 1.807) is 18.2 Å². The van der Waals surface area contributed by atoms with Crippen molar-refractivity contribution in [1.29, 1.82) is 0 Å². The molecule has 0 unspecified atom stereocenters. The fraction of sp³-hybridized carbons (Fsp3) is 0.654. The molecule has 3 atom stereocenters. The molecule has 1 aromatic carbocycles. The molecule has 37 heavy (non-hydrogen) atoms. The summed E-state index contributed by atoms with van der Waals surface area (Å²) in [6.07, 6.45) is 2.97. The van der Waals surface area contributed by atoms with Gasteiger partial charge >= 0.3 is 0 Å². The highest BCUT2D eigenvalue weighted by atomic mass is 32.2. The molecule has 5 rings (SSSR count). The predicted molar refractivity (Wildman–Crippen MR) is 138 cm³/mol. The van der Waals surface area contributed by atoms with Crippen LogP contribution in [-0.2, 0) is 16.6 Å². The molecule has 3 fully saturated rings. The Morgan fingerprint density at radius 3 is 2.27 bits per heavy atom. The predicted octanol–water partition coefficient (Wildman–Crippen LogP) is 3.41. The molecular formula is C26H36F2N4O4S. The number of aromatic nitrogens is 1. The number of amides is 1. The van der Waals surface area contributed by atoms with Gasteiger partial charge in [0.1, 0.15) is 17.5 Å². The zero-order valence-electron chi connectivity index (χ0n) is 21.6. The Bertz CT molecular complexity index is 1240. The van der Waals surface area contributed by atoms with Gasteiger partial charge in [-0.25, -0.2) is 17.2 Å². The number of carbonyl (C=O) groups is 1. The van der Waals surface area contributed by atoms with E-state index in [-0.39, 0.29) is 43.9 Å². The van der Waals surface area contributed by atoms with Gasteiger partial charge in [-0.1, -0.05) is 0 Å². The molecule has 1 aromatic heterocycles. The van der Waals surface area contributed by atoms with Crippen LogP contribution in [0.15, 0.2) is 24.3 Å². The van der Waals surface area contributed by atoms with E-state index in [2.05, 4.69) is 18.7 Å². The van der Waals surface area contributed by atoms with Crippen LogP contribution in [0.4, 0.5) is 8.78 Å². The first-order valence-corrected chi connectivity index (χ1v) is 15.0. The number of alkyl halides is 2. The number of piperazine rings is 1. The Balaban J connectivity index is 1.35. The highest BCUT2D eigenvalue weighted by Crippen LogP contribution is 2.39. The summed E-state index contributed by atoms with van der Waals surface area (Å²) in [7, 11) is -3.34. The standard InChI is InChI=1S/C26H36F2N4O4S/c1-17(2)32-19-4-5-20(32)15-22(14-19)36-21-6-7-23-18(12-21)13-24(31(23)16-25(27)28)26(33)29-8-10-30(11-9-29)37(3,34)35/h6-7,12-13,17,19-20,22,25H,4-5,8-11,14-16H2,1-3H3/t19-,20+,22+. The largest absolute Gasteiger partial charge is 0.490 e. The molecule has 0 spiro atoms. The van der Waals surface area contributed by atoms with Crippen molar-refractivity contribution in [2.45, 2.75) is 76.7 Å². The fourth-order valence-electron chi connectivity index (χ4n) is 6.51. The molecule has 2 aromatic rings. The van der Waals surface area contributed by atoms with Crippen molar-refractivity contribution in [2.75, 3.05) is 32.4 Å². The Morgan fingerprint density at radius 1 is 1.05 bits per heavy atom. The molecule has 3 saturated heterocycles. The minimum absolute atomic E-state index is 0.111. The van der Waals surface area contributed by atoms with Crippen LogP contribution in [-0.4, -0.2) is 96.1 Å². The summed E-state index contributed by atoms with van der Waals surface area (Å²) >= 11 is 0. The smallest absolute Gasteiger partial charge is 0.270 e. The minimum Gasteiger partial charge on any atom is -0.490 e. The lowest BCUT2D eigenvalue weighted by Crippen LogP contribution is -2.50. The van der Waals surface area contributed by atoms with Crippen LogP contribution in [0.25, 0.3) is 10.9 Å². The van der Waals surface area contributed by atoms with E-state index in [9.17, 15) is 22.0 Å². The highest BCUT2D eigenvalue weighted by Gasteiger charge is 2.42. The number of sulfonamides is 1. The van der Waals surface area contributed by atoms with Gasteiger partial charge < -0.3 is 14.2 Å². The molecule has 0 N–H and O–H groups in total. The molecule has 4 heterocycles. The number of hydrogen-bond acceptors (Lipinski definition) is 5. The third-order valence-corrected chi connectivity index (χ3v) is 9.36. The maximum Gasteiger partial charge on any atom is 0.270 e. The first-order valence-electron chi connectivity index (χ1n) is 13.1. The Labute approximate surface area is 217 Å². The summed E-state index contributed by atoms with van der Waals surface area (Å²) in [6, 6.07) is 8.64. The average molecular weight is 539 g/mol. The van der Waals surface area contributed by atoms with Crippen LogP contribution in [0.2, 0.25) is 0 Å². The van der Waals surface area contributed by atoms with Crippen LogP contribution in [0.5, 0.6) is 5.75 Å². The first kappa shape index (κ1) is 26.4. The maximum absolute atomic E-state index is 13.5. The van der Waals surface area contributed by atoms with Crippen LogP contribution in [0.3, 0.4) is 0 Å². The number of fused-ring (bicyclic) bond motifs is 3. The van der Waals surface area contributed by atoms with Gasteiger partial charge in [-0.3, -0.25) is 9.69 Å². The monoisotopic (exact) mass is 538 g/mol. The minimum atomic E-state index is -3.34. The number of carbonyl (C=O) groups excluding carboxylic acids is 1. The fourth-order valence-corrected chi connectivity index (χ4v) is 7.34. The lowest BCUT2D eigenvalue weighted by molar-refractivity contribution is 0.0308. The average Bonchev–Trinajstić information content (AvgIpc) is 3.32. The number of nitrogens with zero attached hydrogens (tertiary/aromatic N) is 4. The van der Waals surface area contributed by atoms with Crippen molar-refractivity contribution < 1.29 is 26.7 Å². The molecule has 2 bridgehead atoms. The lowest BCUT2D eigenvalue weighted by atomic mass is 9.98. The van der Waals surface area contributed by atoms with E-state index in [1.165, 1.54) is 26.6 Å². The van der Waals surface area contributed by atoms with Gasteiger partial charge in [0.25, 0.3) is 12.3 Å². The van der Waals surface area contributed by atoms with E-state index in [0.29, 0.717) is 34.8 Å². The van der Waals surface area contributed by atoms with Gasteiger partial charge in [0.05, 0.1) is 12.8 Å². The van der Waals surface area contributed by atoms with E-state index in [1.807, 2.05) is 6.07 Å². The molecule has 0 radical (unpaired) electrons. The normalized spacial score (nSPS) is 25.5. The van der Waals surface area contributed by atoms with Gasteiger partial charge in [-0.2, -0.15) is 4.31 Å². The number of halogens is 2. The van der Waals surface area contributed by atoms with Crippen molar-refractivity contribution in [2.24, 2.45) is 0 Å². The highest BCUT2D eigenvalue weighted by molar-refractivity contribution is 7.88. The van der Waals surface area contributed by atoms with Crippen molar-refractivity contribution in [3.63, 3.8) is 0 Å². The summed E-state index contributed by atoms with van der Waals surface area (Å²) in [5.41, 5.74) is 0.740. The molecule has 0 aliphatic carbocycles. The molecule has 3 aliphatic heterocycles. The summed E-state index contributed by atoms with van der Waals surface area (Å²) in [6.45, 7) is 4.71. The summed E-state index contributed by atoms with van der Waals surface area (Å²) in [5.74, 6) is 0.315. The summed E-state index contributed by atoms with van der Waals surface area (Å²) in [4.78, 5) is 17.5. The van der Waals surface area contributed by atoms with E-state index >= 15 is 0 Å². The molecule has 0 saturated carbocycles. The molecular weight excluding hydrogens is 502 g/mol. The van der Waals surface area contributed by atoms with Crippen LogP contribution in [0.1, 0.15) is 50.0 Å². The number of rotatable bonds is 7. The molecule has 204 valence electrons. The topological polar surface area (TPSA) is 75.1 Å². The Kier molecular flexibility index (Phi) is 7.23. The third kappa shape index (κ3) is 5.35. The molecule has 11 heteroatoms. The number of ether oxygens (including phenoxy) is 1. The number of piperidine rings is 1. The second kappa shape index (κ2) is 10.1. The SMILES string of the molecule is CC(C)N1[C@@H]2CC[C@H]1C[C@@H](Oc1ccc3c(c1)cc(C(=O)N1CCN(S(C)(=O)=O)CC1)n3CC(F)F)C2. The van der Waals surface area contributed by atoms with E-state index in [4.69, 9.17) is 4.74 Å². The van der Waals surface area contributed by atoms with E-state index in [0.717, 1.165) is 19.1 Å². The van der Waals surface area contributed by atoms with Crippen molar-refractivity contribution >= 4 is 26.8 Å². The second-order valence-electron chi connectivity index (χ2n) is 10.8. The van der Waals surface area contributed by atoms with E-state index < -0.39 is 23.0 Å².